The minimum absolute atomic E-state index is 0.0420. The molecule has 0 aromatic heterocycles. The van der Waals surface area contributed by atoms with E-state index >= 15 is 0 Å². The summed E-state index contributed by atoms with van der Waals surface area (Å²) in [5.41, 5.74) is 2.18. The fourth-order valence-electron chi connectivity index (χ4n) is 4.56. The molecule has 3 atom stereocenters. The lowest BCUT2D eigenvalue weighted by atomic mass is 9.99. The molecule has 2 aromatic rings. The van der Waals surface area contributed by atoms with Gasteiger partial charge in [-0.25, -0.2) is 0 Å². The third kappa shape index (κ3) is 8.28. The number of fused-ring (bicyclic) bond motifs is 1. The second-order valence-electron chi connectivity index (χ2n) is 10.5. The summed E-state index contributed by atoms with van der Waals surface area (Å²) in [4.78, 5) is 32.0. The Hall–Kier alpha value is -2.94. The molecule has 3 rings (SSSR count). The molecule has 37 heavy (non-hydrogen) atoms. The van der Waals surface area contributed by atoms with E-state index in [1.807, 2.05) is 44.1 Å². The highest BCUT2D eigenvalue weighted by atomic mass is 16.5. The highest BCUT2D eigenvalue weighted by Gasteiger charge is 2.33. The molecule has 2 N–H and O–H groups in total. The van der Waals surface area contributed by atoms with E-state index in [1.54, 1.807) is 23.1 Å². The van der Waals surface area contributed by atoms with Gasteiger partial charge in [-0.3, -0.25) is 14.5 Å². The number of carbonyl (C=O) groups is 2. The van der Waals surface area contributed by atoms with Crippen molar-refractivity contribution >= 4 is 17.5 Å². The predicted octanol–water partition coefficient (Wildman–Crippen LogP) is 3.32. The number of nitrogens with one attached hydrogen (secondary N) is 1. The molecule has 2 aromatic carbocycles. The number of aliphatic hydroxyl groups excluding tert-OH is 1. The number of ether oxygens (including phenoxy) is 1. The number of carbonyl (C=O) groups excluding carboxylic acids is 2. The second kappa shape index (κ2) is 13.6. The summed E-state index contributed by atoms with van der Waals surface area (Å²) >= 11 is 0. The van der Waals surface area contributed by atoms with Crippen LogP contribution < -0.4 is 10.1 Å². The number of hydrogen-bond acceptors (Lipinski definition) is 6. The van der Waals surface area contributed by atoms with Crippen molar-refractivity contribution < 1.29 is 19.4 Å². The summed E-state index contributed by atoms with van der Waals surface area (Å²) in [5, 5.41) is 12.8. The largest absolute Gasteiger partial charge is 0.488 e. The number of nitrogens with zero attached hydrogens (tertiary/aromatic N) is 3. The Morgan fingerprint density at radius 1 is 1.19 bits per heavy atom. The molecule has 0 saturated heterocycles. The van der Waals surface area contributed by atoms with Gasteiger partial charge < -0.3 is 25.0 Å². The van der Waals surface area contributed by atoms with Crippen LogP contribution >= 0.6 is 0 Å². The summed E-state index contributed by atoms with van der Waals surface area (Å²) in [6.07, 6.45) is 0.991. The Morgan fingerprint density at radius 3 is 2.59 bits per heavy atom. The van der Waals surface area contributed by atoms with Gasteiger partial charge in [0.1, 0.15) is 11.9 Å². The Kier molecular flexibility index (Phi) is 10.5. The zero-order valence-electron chi connectivity index (χ0n) is 22.8. The molecular weight excluding hydrogens is 468 g/mol. The molecule has 202 valence electrons. The van der Waals surface area contributed by atoms with Gasteiger partial charge in [0.25, 0.3) is 5.91 Å². The molecule has 8 heteroatoms. The van der Waals surface area contributed by atoms with E-state index in [-0.39, 0.29) is 36.5 Å². The fraction of sp³-hybridized carbons (Fsp3) is 0.517. The van der Waals surface area contributed by atoms with Crippen molar-refractivity contribution in [3.8, 4) is 5.75 Å². The molecule has 0 spiro atoms. The average molecular weight is 511 g/mol. The molecule has 1 heterocycles. The van der Waals surface area contributed by atoms with Gasteiger partial charge in [-0.1, -0.05) is 37.3 Å². The normalized spacial score (nSPS) is 18.7. The minimum Gasteiger partial charge on any atom is -0.488 e. The standard InChI is InChI=1S/C29H42N4O4/c1-21-17-33(22(2)20-34)29(36)25-16-24(30-28(35)12-9-15-31(3)4)13-14-26(25)37-27(21)19-32(5)18-23-10-7-6-8-11-23/h6-8,10-11,13-14,16,21-22,27,34H,9,12,15,17-20H2,1-5H3,(H,30,35)/t21-,22+,27-/m1/s1. The smallest absolute Gasteiger partial charge is 0.258 e. The summed E-state index contributed by atoms with van der Waals surface area (Å²) in [7, 11) is 6.02. The van der Waals surface area contributed by atoms with E-state index in [0.717, 1.165) is 19.5 Å². The number of anilines is 1. The van der Waals surface area contributed by atoms with Gasteiger partial charge in [-0.2, -0.15) is 0 Å². The lowest BCUT2D eigenvalue weighted by Gasteiger charge is -2.38. The molecule has 0 aliphatic carbocycles. The molecule has 8 nitrogen and oxygen atoms in total. The van der Waals surface area contributed by atoms with E-state index in [2.05, 4.69) is 36.3 Å². The van der Waals surface area contributed by atoms with Crippen molar-refractivity contribution in [3.63, 3.8) is 0 Å². The number of hydrogen-bond donors (Lipinski definition) is 2. The third-order valence-corrected chi connectivity index (χ3v) is 6.74. The van der Waals surface area contributed by atoms with Gasteiger partial charge in [-0.05, 0) is 64.8 Å². The first-order valence-electron chi connectivity index (χ1n) is 13.1. The highest BCUT2D eigenvalue weighted by molar-refractivity contribution is 5.99. The Labute approximate surface area is 221 Å². The van der Waals surface area contributed by atoms with Crippen LogP contribution in [0.2, 0.25) is 0 Å². The van der Waals surface area contributed by atoms with E-state index in [1.165, 1.54) is 5.56 Å². The minimum atomic E-state index is -0.340. The van der Waals surface area contributed by atoms with Crippen molar-refractivity contribution in [2.24, 2.45) is 5.92 Å². The molecule has 0 unspecified atom stereocenters. The summed E-state index contributed by atoms with van der Waals surface area (Å²) in [6.45, 7) is 6.55. The van der Waals surface area contributed by atoms with E-state index in [4.69, 9.17) is 4.74 Å². The summed E-state index contributed by atoms with van der Waals surface area (Å²) < 4.78 is 6.47. The van der Waals surface area contributed by atoms with Crippen molar-refractivity contribution in [1.29, 1.82) is 0 Å². The Bertz CT molecular complexity index is 1030. The maximum Gasteiger partial charge on any atom is 0.258 e. The predicted molar refractivity (Wildman–Crippen MR) is 147 cm³/mol. The van der Waals surface area contributed by atoms with Crippen molar-refractivity contribution in [2.45, 2.75) is 45.4 Å². The maximum atomic E-state index is 13.6. The summed E-state index contributed by atoms with van der Waals surface area (Å²) in [6, 6.07) is 15.2. The van der Waals surface area contributed by atoms with E-state index in [9.17, 15) is 14.7 Å². The van der Waals surface area contributed by atoms with Gasteiger partial charge in [0.05, 0.1) is 18.2 Å². The van der Waals surface area contributed by atoms with Crippen molar-refractivity contribution in [3.05, 3.63) is 59.7 Å². The van der Waals surface area contributed by atoms with Crippen LogP contribution in [0.1, 0.15) is 42.6 Å². The average Bonchev–Trinajstić information content (AvgIpc) is 2.86. The van der Waals surface area contributed by atoms with E-state index in [0.29, 0.717) is 36.5 Å². The number of rotatable bonds is 11. The lowest BCUT2D eigenvalue weighted by molar-refractivity contribution is -0.116. The molecule has 1 aliphatic rings. The van der Waals surface area contributed by atoms with Gasteiger partial charge in [-0.15, -0.1) is 0 Å². The van der Waals surface area contributed by atoms with Crippen LogP contribution in [-0.2, 0) is 11.3 Å². The summed E-state index contributed by atoms with van der Waals surface area (Å²) in [5.74, 6) is 0.245. The quantitative estimate of drug-likeness (QED) is 0.483. The fourth-order valence-corrected chi connectivity index (χ4v) is 4.56. The van der Waals surface area contributed by atoms with Crippen LogP contribution in [0.25, 0.3) is 0 Å². The first-order chi connectivity index (χ1) is 17.7. The van der Waals surface area contributed by atoms with Crippen molar-refractivity contribution in [1.82, 2.24) is 14.7 Å². The molecule has 0 saturated carbocycles. The van der Waals surface area contributed by atoms with Crippen LogP contribution in [0.4, 0.5) is 5.69 Å². The zero-order chi connectivity index (χ0) is 26.9. The first kappa shape index (κ1) is 28.6. The molecular formula is C29H42N4O4. The Balaban J connectivity index is 1.82. The molecule has 0 fully saturated rings. The van der Waals surface area contributed by atoms with Gasteiger partial charge in [0, 0.05) is 37.7 Å². The second-order valence-corrected chi connectivity index (χ2v) is 10.5. The Morgan fingerprint density at radius 2 is 1.92 bits per heavy atom. The number of likely N-dealkylation sites (N-methyl/N-ethyl adjacent to an activating group) is 1. The monoisotopic (exact) mass is 510 g/mol. The van der Waals surface area contributed by atoms with Crippen LogP contribution in [-0.4, -0.2) is 91.2 Å². The molecule has 2 amide bonds. The lowest BCUT2D eigenvalue weighted by Crippen LogP contribution is -2.49. The van der Waals surface area contributed by atoms with Crippen LogP contribution in [0.5, 0.6) is 5.75 Å². The van der Waals surface area contributed by atoms with Crippen LogP contribution in [0.3, 0.4) is 0 Å². The topological polar surface area (TPSA) is 85.3 Å². The number of amides is 2. The number of aliphatic hydroxyl groups is 1. The third-order valence-electron chi connectivity index (χ3n) is 6.74. The first-order valence-corrected chi connectivity index (χ1v) is 13.1. The highest BCUT2D eigenvalue weighted by Crippen LogP contribution is 2.31. The molecule has 1 aliphatic heterocycles. The van der Waals surface area contributed by atoms with Crippen LogP contribution in [0, 0.1) is 5.92 Å². The maximum absolute atomic E-state index is 13.6. The number of benzene rings is 2. The van der Waals surface area contributed by atoms with Gasteiger partial charge in [0.2, 0.25) is 5.91 Å². The SMILES string of the molecule is C[C@@H]1CN([C@@H](C)CO)C(=O)c2cc(NC(=O)CCCN(C)C)ccc2O[C@@H]1CN(C)Cc1ccccc1. The van der Waals surface area contributed by atoms with Crippen molar-refractivity contribution in [2.75, 3.05) is 52.7 Å². The van der Waals surface area contributed by atoms with Crippen LogP contribution in [0.15, 0.2) is 48.5 Å². The zero-order valence-corrected chi connectivity index (χ0v) is 22.8. The van der Waals surface area contributed by atoms with Gasteiger partial charge in [0.15, 0.2) is 0 Å². The van der Waals surface area contributed by atoms with E-state index < -0.39 is 0 Å². The molecule has 0 bridgehead atoms. The van der Waals surface area contributed by atoms with Gasteiger partial charge >= 0.3 is 0 Å². The molecule has 0 radical (unpaired) electrons.